The number of ether oxygens (including phenoxy) is 1. The van der Waals surface area contributed by atoms with Gasteiger partial charge in [0.2, 0.25) is 17.7 Å². The number of nitrogens with one attached hydrogen (secondary N) is 1. The molecule has 1 aliphatic heterocycles. The molecule has 3 amide bonds. The summed E-state index contributed by atoms with van der Waals surface area (Å²) in [6.45, 7) is 2.15. The quantitative estimate of drug-likeness (QED) is 0.726. The molecule has 1 saturated carbocycles. The SMILES string of the molecule is Cc1cccc(Oc2ccc(NC(=O)CCN3C(=O)[C@H]4CCCC[C@H]4C3=O)cc2)c1. The molecule has 1 aliphatic carbocycles. The van der Waals surface area contributed by atoms with Crippen LogP contribution in [0.2, 0.25) is 0 Å². The van der Waals surface area contributed by atoms with Gasteiger partial charge in [-0.05, 0) is 61.7 Å². The lowest BCUT2D eigenvalue weighted by Crippen LogP contribution is -2.34. The maximum absolute atomic E-state index is 12.5. The third-order valence-electron chi connectivity index (χ3n) is 5.86. The fourth-order valence-corrected chi connectivity index (χ4v) is 4.31. The first-order valence-corrected chi connectivity index (χ1v) is 10.5. The van der Waals surface area contributed by atoms with Gasteiger partial charge < -0.3 is 10.1 Å². The molecule has 0 bridgehead atoms. The van der Waals surface area contributed by atoms with Gasteiger partial charge in [-0.25, -0.2) is 0 Å². The van der Waals surface area contributed by atoms with Gasteiger partial charge in [0.25, 0.3) is 0 Å². The fourth-order valence-electron chi connectivity index (χ4n) is 4.31. The molecular formula is C24H26N2O4. The number of rotatable bonds is 6. The molecule has 0 spiro atoms. The Kier molecular flexibility index (Phi) is 5.84. The third-order valence-corrected chi connectivity index (χ3v) is 5.86. The normalized spacial score (nSPS) is 20.8. The molecular weight excluding hydrogens is 380 g/mol. The van der Waals surface area contributed by atoms with Crippen molar-refractivity contribution in [2.45, 2.75) is 39.0 Å². The molecule has 6 heteroatoms. The highest BCUT2D eigenvalue weighted by atomic mass is 16.5. The Bertz CT molecular complexity index is 930. The first kappa shape index (κ1) is 20.1. The Morgan fingerprint density at radius 2 is 1.67 bits per heavy atom. The molecule has 30 heavy (non-hydrogen) atoms. The van der Waals surface area contributed by atoms with Crippen molar-refractivity contribution in [1.29, 1.82) is 0 Å². The predicted octanol–water partition coefficient (Wildman–Crippen LogP) is 4.29. The first-order valence-electron chi connectivity index (χ1n) is 10.5. The summed E-state index contributed by atoms with van der Waals surface area (Å²) in [5.41, 5.74) is 1.76. The number of carbonyl (C=O) groups is 3. The summed E-state index contributed by atoms with van der Waals surface area (Å²) in [4.78, 5) is 38.6. The average Bonchev–Trinajstić information content (AvgIpc) is 2.98. The molecule has 2 atom stereocenters. The van der Waals surface area contributed by atoms with Crippen molar-refractivity contribution >= 4 is 23.4 Å². The number of amides is 3. The first-order chi connectivity index (χ1) is 14.5. The molecule has 1 N–H and O–H groups in total. The van der Waals surface area contributed by atoms with Gasteiger partial charge in [-0.1, -0.05) is 25.0 Å². The van der Waals surface area contributed by atoms with Crippen LogP contribution in [0.5, 0.6) is 11.5 Å². The van der Waals surface area contributed by atoms with E-state index in [4.69, 9.17) is 4.74 Å². The van der Waals surface area contributed by atoms with E-state index in [0.717, 1.165) is 37.0 Å². The minimum atomic E-state index is -0.224. The smallest absolute Gasteiger partial charge is 0.233 e. The molecule has 4 rings (SSSR count). The summed E-state index contributed by atoms with van der Waals surface area (Å²) in [5, 5.41) is 2.81. The predicted molar refractivity (Wildman–Crippen MR) is 113 cm³/mol. The monoisotopic (exact) mass is 406 g/mol. The summed E-state index contributed by atoms with van der Waals surface area (Å²) in [6.07, 6.45) is 3.67. The lowest BCUT2D eigenvalue weighted by atomic mass is 9.81. The molecule has 0 radical (unpaired) electrons. The van der Waals surface area contributed by atoms with Gasteiger partial charge in [0.15, 0.2) is 0 Å². The average molecular weight is 406 g/mol. The molecule has 2 aliphatic rings. The van der Waals surface area contributed by atoms with Crippen molar-refractivity contribution in [2.24, 2.45) is 11.8 Å². The Morgan fingerprint density at radius 3 is 2.30 bits per heavy atom. The fraction of sp³-hybridized carbons (Fsp3) is 0.375. The minimum absolute atomic E-state index is 0.0957. The number of hydrogen-bond donors (Lipinski definition) is 1. The number of hydrogen-bond acceptors (Lipinski definition) is 4. The van der Waals surface area contributed by atoms with Crippen molar-refractivity contribution in [1.82, 2.24) is 4.90 Å². The second-order valence-electron chi connectivity index (χ2n) is 8.07. The minimum Gasteiger partial charge on any atom is -0.457 e. The van der Waals surface area contributed by atoms with E-state index in [0.29, 0.717) is 11.4 Å². The van der Waals surface area contributed by atoms with Crippen LogP contribution < -0.4 is 10.1 Å². The molecule has 2 aromatic rings. The number of fused-ring (bicyclic) bond motifs is 1. The number of aryl methyl sites for hydroxylation is 1. The molecule has 2 aromatic carbocycles. The largest absolute Gasteiger partial charge is 0.457 e. The van der Waals surface area contributed by atoms with E-state index in [2.05, 4.69) is 5.32 Å². The molecule has 0 aromatic heterocycles. The molecule has 6 nitrogen and oxygen atoms in total. The van der Waals surface area contributed by atoms with E-state index in [1.54, 1.807) is 24.3 Å². The van der Waals surface area contributed by atoms with E-state index in [1.807, 2.05) is 31.2 Å². The van der Waals surface area contributed by atoms with Crippen molar-refractivity contribution in [2.75, 3.05) is 11.9 Å². The zero-order valence-electron chi connectivity index (χ0n) is 17.1. The van der Waals surface area contributed by atoms with Crippen molar-refractivity contribution < 1.29 is 19.1 Å². The van der Waals surface area contributed by atoms with Crippen LogP contribution in [0, 0.1) is 18.8 Å². The number of imide groups is 1. The number of anilines is 1. The number of likely N-dealkylation sites (tertiary alicyclic amines) is 1. The van der Waals surface area contributed by atoms with Crippen LogP contribution in [0.3, 0.4) is 0 Å². The van der Waals surface area contributed by atoms with Crippen LogP contribution in [0.4, 0.5) is 5.69 Å². The van der Waals surface area contributed by atoms with Crippen LogP contribution in [-0.2, 0) is 14.4 Å². The van der Waals surface area contributed by atoms with Crippen LogP contribution >= 0.6 is 0 Å². The molecule has 1 saturated heterocycles. The van der Waals surface area contributed by atoms with Gasteiger partial charge in [0.1, 0.15) is 11.5 Å². The lowest BCUT2D eigenvalue weighted by Gasteiger charge is -2.19. The highest BCUT2D eigenvalue weighted by Gasteiger charge is 2.47. The summed E-state index contributed by atoms with van der Waals surface area (Å²) >= 11 is 0. The molecule has 156 valence electrons. The summed E-state index contributed by atoms with van der Waals surface area (Å²) in [5.74, 6) is 0.662. The van der Waals surface area contributed by atoms with Gasteiger partial charge in [0.05, 0.1) is 11.8 Å². The number of benzene rings is 2. The highest BCUT2D eigenvalue weighted by Crippen LogP contribution is 2.38. The zero-order chi connectivity index (χ0) is 21.1. The van der Waals surface area contributed by atoms with Gasteiger partial charge in [0, 0.05) is 18.7 Å². The van der Waals surface area contributed by atoms with Crippen LogP contribution in [0.25, 0.3) is 0 Å². The van der Waals surface area contributed by atoms with Crippen LogP contribution in [-0.4, -0.2) is 29.2 Å². The number of nitrogens with zero attached hydrogens (tertiary/aromatic N) is 1. The number of carbonyl (C=O) groups excluding carboxylic acids is 3. The Labute approximate surface area is 176 Å². The topological polar surface area (TPSA) is 75.7 Å². The van der Waals surface area contributed by atoms with Gasteiger partial charge >= 0.3 is 0 Å². The Morgan fingerprint density at radius 1 is 1.00 bits per heavy atom. The van der Waals surface area contributed by atoms with Gasteiger partial charge in [-0.3, -0.25) is 19.3 Å². The summed E-state index contributed by atoms with van der Waals surface area (Å²) in [7, 11) is 0. The highest BCUT2D eigenvalue weighted by molar-refractivity contribution is 6.05. The van der Waals surface area contributed by atoms with Crippen LogP contribution in [0.1, 0.15) is 37.7 Å². The second-order valence-corrected chi connectivity index (χ2v) is 8.07. The van der Waals surface area contributed by atoms with E-state index in [-0.39, 0.29) is 42.5 Å². The lowest BCUT2D eigenvalue weighted by molar-refractivity contribution is -0.140. The summed E-state index contributed by atoms with van der Waals surface area (Å²) < 4.78 is 5.81. The molecule has 1 heterocycles. The van der Waals surface area contributed by atoms with Crippen molar-refractivity contribution in [3.8, 4) is 11.5 Å². The second kappa shape index (κ2) is 8.69. The Balaban J connectivity index is 1.29. The maximum atomic E-state index is 12.5. The summed E-state index contributed by atoms with van der Waals surface area (Å²) in [6, 6.07) is 14.9. The van der Waals surface area contributed by atoms with E-state index >= 15 is 0 Å². The zero-order valence-corrected chi connectivity index (χ0v) is 17.1. The molecule has 0 unspecified atom stereocenters. The van der Waals surface area contributed by atoms with E-state index in [1.165, 1.54) is 4.90 Å². The molecule has 2 fully saturated rings. The van der Waals surface area contributed by atoms with Crippen LogP contribution in [0.15, 0.2) is 48.5 Å². The van der Waals surface area contributed by atoms with Gasteiger partial charge in [-0.15, -0.1) is 0 Å². The standard InChI is InChI=1S/C24H26N2O4/c1-16-5-4-6-19(15-16)30-18-11-9-17(10-12-18)25-22(27)13-14-26-23(28)20-7-2-3-8-21(20)24(26)29/h4-6,9-12,15,20-21H,2-3,7-8,13-14H2,1H3,(H,25,27)/t20-,21+. The van der Waals surface area contributed by atoms with Crippen molar-refractivity contribution in [3.05, 3.63) is 54.1 Å². The van der Waals surface area contributed by atoms with Gasteiger partial charge in [-0.2, -0.15) is 0 Å². The van der Waals surface area contributed by atoms with E-state index in [9.17, 15) is 14.4 Å². The maximum Gasteiger partial charge on any atom is 0.233 e. The van der Waals surface area contributed by atoms with E-state index < -0.39 is 0 Å². The Hall–Kier alpha value is -3.15. The third kappa shape index (κ3) is 4.37. The van der Waals surface area contributed by atoms with Crippen molar-refractivity contribution in [3.63, 3.8) is 0 Å².